The van der Waals surface area contributed by atoms with Crippen molar-refractivity contribution in [3.8, 4) is 0 Å². The third kappa shape index (κ3) is 7.23. The van der Waals surface area contributed by atoms with Crippen molar-refractivity contribution < 1.29 is 0 Å². The molecule has 3 rings (SSSR count). The highest BCUT2D eigenvalue weighted by Gasteiger charge is 2.21. The lowest BCUT2D eigenvalue weighted by molar-refractivity contribution is 0.304. The minimum Gasteiger partial charge on any atom is -0.159 e. The van der Waals surface area contributed by atoms with Gasteiger partial charge in [-0.15, -0.1) is 0 Å². The Labute approximate surface area is 183 Å². The Balaban J connectivity index is 1.46. The maximum atomic E-state index is 4.23. The van der Waals surface area contributed by atoms with E-state index in [-0.39, 0.29) is 0 Å². The van der Waals surface area contributed by atoms with Crippen LogP contribution in [0.25, 0.3) is 0 Å². The molecule has 0 aromatic heterocycles. The standard InChI is InChI=1S/C28H38N2/c1-3-5-7-23-9-11-25(12-10-23)21-29-30-22-26-15-19-28(20-16-26)27-17-13-24(14-18-27)8-6-4-2/h9-12,15-16,19-22,24,27H,3-8,13-14,17-18H2,1-2H3/b29-21+,30-22+. The molecule has 0 radical (unpaired) electrons. The number of aryl methyl sites for hydroxylation is 1. The van der Waals surface area contributed by atoms with Gasteiger partial charge in [0.1, 0.15) is 0 Å². The molecule has 0 spiro atoms. The number of hydrogen-bond acceptors (Lipinski definition) is 2. The van der Waals surface area contributed by atoms with Crippen molar-refractivity contribution in [2.45, 2.75) is 84.0 Å². The van der Waals surface area contributed by atoms with Crippen LogP contribution in [-0.2, 0) is 6.42 Å². The van der Waals surface area contributed by atoms with E-state index in [1.807, 2.05) is 12.4 Å². The molecule has 0 aliphatic heterocycles. The van der Waals surface area contributed by atoms with E-state index >= 15 is 0 Å². The van der Waals surface area contributed by atoms with Gasteiger partial charge in [-0.05, 0) is 72.6 Å². The minimum absolute atomic E-state index is 0.743. The Morgan fingerprint density at radius 3 is 1.87 bits per heavy atom. The summed E-state index contributed by atoms with van der Waals surface area (Å²) in [5, 5.41) is 8.45. The van der Waals surface area contributed by atoms with Gasteiger partial charge in [0.05, 0.1) is 12.4 Å². The van der Waals surface area contributed by atoms with E-state index in [1.165, 1.54) is 68.9 Å². The van der Waals surface area contributed by atoms with Crippen molar-refractivity contribution in [3.63, 3.8) is 0 Å². The van der Waals surface area contributed by atoms with Gasteiger partial charge in [-0.1, -0.05) is 88.1 Å². The second-order valence-electron chi connectivity index (χ2n) is 8.86. The zero-order valence-electron chi connectivity index (χ0n) is 18.9. The first-order valence-electron chi connectivity index (χ1n) is 12.0. The summed E-state index contributed by atoms with van der Waals surface area (Å²) in [5.74, 6) is 1.71. The molecule has 0 saturated heterocycles. The molecular weight excluding hydrogens is 364 g/mol. The minimum atomic E-state index is 0.743. The van der Waals surface area contributed by atoms with Gasteiger partial charge in [-0.3, -0.25) is 0 Å². The number of nitrogens with zero attached hydrogens (tertiary/aromatic N) is 2. The van der Waals surface area contributed by atoms with Gasteiger partial charge in [0.2, 0.25) is 0 Å². The molecule has 2 nitrogen and oxygen atoms in total. The second kappa shape index (κ2) is 12.5. The van der Waals surface area contributed by atoms with Crippen LogP contribution in [0.5, 0.6) is 0 Å². The van der Waals surface area contributed by atoms with Crippen LogP contribution in [0.1, 0.15) is 99.8 Å². The van der Waals surface area contributed by atoms with Crippen molar-refractivity contribution in [1.82, 2.24) is 0 Å². The molecule has 30 heavy (non-hydrogen) atoms. The van der Waals surface area contributed by atoms with Crippen molar-refractivity contribution >= 4 is 12.4 Å². The summed E-state index contributed by atoms with van der Waals surface area (Å²) in [6, 6.07) is 17.6. The number of hydrogen-bond donors (Lipinski definition) is 0. The first kappa shape index (κ1) is 22.5. The van der Waals surface area contributed by atoms with Crippen LogP contribution in [0.3, 0.4) is 0 Å². The summed E-state index contributed by atoms with van der Waals surface area (Å²) in [4.78, 5) is 0. The van der Waals surface area contributed by atoms with E-state index in [0.717, 1.165) is 29.4 Å². The Morgan fingerprint density at radius 2 is 1.30 bits per heavy atom. The predicted molar refractivity (Wildman–Crippen MR) is 131 cm³/mol. The SMILES string of the molecule is CCCCc1ccc(/C=N/N=C/c2ccc(C3CCC(CCCC)CC3)cc2)cc1. The molecule has 0 heterocycles. The first-order chi connectivity index (χ1) is 14.8. The summed E-state index contributed by atoms with van der Waals surface area (Å²) >= 11 is 0. The van der Waals surface area contributed by atoms with Gasteiger partial charge in [0.25, 0.3) is 0 Å². The van der Waals surface area contributed by atoms with Gasteiger partial charge in [-0.2, -0.15) is 10.2 Å². The molecule has 1 aliphatic carbocycles. The van der Waals surface area contributed by atoms with Gasteiger partial charge >= 0.3 is 0 Å². The lowest BCUT2D eigenvalue weighted by Gasteiger charge is -2.28. The van der Waals surface area contributed by atoms with Gasteiger partial charge in [0, 0.05) is 0 Å². The normalized spacial score (nSPS) is 19.7. The van der Waals surface area contributed by atoms with E-state index in [0.29, 0.717) is 0 Å². The quantitative estimate of drug-likeness (QED) is 0.284. The molecule has 0 amide bonds. The summed E-state index contributed by atoms with van der Waals surface area (Å²) in [5.41, 5.74) is 5.10. The van der Waals surface area contributed by atoms with E-state index in [2.05, 4.69) is 72.6 Å². The molecule has 2 aromatic carbocycles. The fourth-order valence-electron chi connectivity index (χ4n) is 4.48. The third-order valence-corrected chi connectivity index (χ3v) is 6.50. The summed E-state index contributed by atoms with van der Waals surface area (Å²) in [6.45, 7) is 4.53. The Hall–Kier alpha value is -2.22. The lowest BCUT2D eigenvalue weighted by Crippen LogP contribution is -2.13. The average molecular weight is 403 g/mol. The zero-order valence-corrected chi connectivity index (χ0v) is 18.9. The van der Waals surface area contributed by atoms with Crippen LogP contribution in [0, 0.1) is 5.92 Å². The van der Waals surface area contributed by atoms with Crippen LogP contribution in [0.15, 0.2) is 58.7 Å². The zero-order chi connectivity index (χ0) is 21.0. The Morgan fingerprint density at radius 1 is 0.733 bits per heavy atom. The maximum absolute atomic E-state index is 4.23. The highest BCUT2D eigenvalue weighted by molar-refractivity contribution is 5.82. The van der Waals surface area contributed by atoms with E-state index in [4.69, 9.17) is 0 Å². The molecule has 2 heteroatoms. The van der Waals surface area contributed by atoms with Crippen molar-refractivity contribution in [2.24, 2.45) is 16.1 Å². The fourth-order valence-corrected chi connectivity index (χ4v) is 4.48. The van der Waals surface area contributed by atoms with Crippen molar-refractivity contribution in [3.05, 3.63) is 70.8 Å². The van der Waals surface area contributed by atoms with Gasteiger partial charge in [0.15, 0.2) is 0 Å². The molecular formula is C28H38N2. The highest BCUT2D eigenvalue weighted by atomic mass is 15.2. The molecule has 0 unspecified atom stereocenters. The monoisotopic (exact) mass is 402 g/mol. The summed E-state index contributed by atoms with van der Waals surface area (Å²) < 4.78 is 0. The van der Waals surface area contributed by atoms with Gasteiger partial charge in [-0.25, -0.2) is 0 Å². The molecule has 0 atom stereocenters. The molecule has 2 aromatic rings. The molecule has 0 N–H and O–H groups in total. The Kier molecular flexibility index (Phi) is 9.34. The molecule has 1 saturated carbocycles. The molecule has 0 bridgehead atoms. The lowest BCUT2D eigenvalue weighted by atomic mass is 9.77. The summed E-state index contributed by atoms with van der Waals surface area (Å²) in [7, 11) is 0. The average Bonchev–Trinajstić information content (AvgIpc) is 2.81. The largest absolute Gasteiger partial charge is 0.159 e. The fraction of sp³-hybridized carbons (Fsp3) is 0.500. The number of rotatable bonds is 10. The Bertz CT molecular complexity index is 778. The van der Waals surface area contributed by atoms with E-state index in [9.17, 15) is 0 Å². The van der Waals surface area contributed by atoms with E-state index in [1.54, 1.807) is 0 Å². The molecule has 1 fully saturated rings. The first-order valence-corrected chi connectivity index (χ1v) is 12.0. The maximum Gasteiger partial charge on any atom is 0.0568 e. The molecule has 160 valence electrons. The number of unbranched alkanes of at least 4 members (excludes halogenated alkanes) is 2. The number of benzene rings is 2. The topological polar surface area (TPSA) is 24.7 Å². The second-order valence-corrected chi connectivity index (χ2v) is 8.86. The smallest absolute Gasteiger partial charge is 0.0568 e. The third-order valence-electron chi connectivity index (χ3n) is 6.50. The van der Waals surface area contributed by atoms with Crippen LogP contribution >= 0.6 is 0 Å². The van der Waals surface area contributed by atoms with Crippen molar-refractivity contribution in [2.75, 3.05) is 0 Å². The molecule has 1 aliphatic rings. The highest BCUT2D eigenvalue weighted by Crippen LogP contribution is 2.37. The van der Waals surface area contributed by atoms with Crippen LogP contribution < -0.4 is 0 Å². The van der Waals surface area contributed by atoms with Crippen LogP contribution in [0.4, 0.5) is 0 Å². The van der Waals surface area contributed by atoms with E-state index < -0.39 is 0 Å². The van der Waals surface area contributed by atoms with Crippen molar-refractivity contribution in [1.29, 1.82) is 0 Å². The van der Waals surface area contributed by atoms with Crippen LogP contribution in [0.2, 0.25) is 0 Å². The predicted octanol–water partition coefficient (Wildman–Crippen LogP) is 7.95. The summed E-state index contributed by atoms with van der Waals surface area (Å²) in [6.07, 6.45) is 17.0. The van der Waals surface area contributed by atoms with Crippen LogP contribution in [-0.4, -0.2) is 12.4 Å². The van der Waals surface area contributed by atoms with Gasteiger partial charge < -0.3 is 0 Å².